The van der Waals surface area contributed by atoms with Crippen LogP contribution < -0.4 is 4.74 Å². The Hall–Kier alpha value is -2.85. The highest BCUT2D eigenvalue weighted by atomic mass is 79.9. The summed E-state index contributed by atoms with van der Waals surface area (Å²) in [5, 5.41) is 10.2. The Morgan fingerprint density at radius 2 is 1.74 bits per heavy atom. The van der Waals surface area contributed by atoms with Gasteiger partial charge in [0.15, 0.2) is 0 Å². The lowest BCUT2D eigenvalue weighted by Crippen LogP contribution is -2.05. The van der Waals surface area contributed by atoms with Gasteiger partial charge in [-0.25, -0.2) is 4.79 Å². The molecule has 0 aliphatic carbocycles. The van der Waals surface area contributed by atoms with Crippen LogP contribution in [0, 0.1) is 12.8 Å². The van der Waals surface area contributed by atoms with E-state index in [1.165, 1.54) is 12.0 Å². The predicted octanol–water partition coefficient (Wildman–Crippen LogP) is 8.14. The van der Waals surface area contributed by atoms with E-state index < -0.39 is 5.97 Å². The van der Waals surface area contributed by atoms with Crippen molar-refractivity contribution in [3.63, 3.8) is 0 Å². The fraction of sp³-hybridized carbons (Fsp3) is 0.323. The lowest BCUT2D eigenvalue weighted by molar-refractivity contribution is 0.0696. The number of hydrogen-bond donors (Lipinski definition) is 1. The summed E-state index contributed by atoms with van der Waals surface area (Å²) in [6.07, 6.45) is 10.8. The normalized spacial score (nSPS) is 12.1. The van der Waals surface area contributed by atoms with Gasteiger partial charge in [-0.15, -0.1) is 0 Å². The van der Waals surface area contributed by atoms with Crippen molar-refractivity contribution in [2.45, 2.75) is 45.4 Å². The van der Waals surface area contributed by atoms with Gasteiger partial charge in [-0.3, -0.25) is 0 Å². The van der Waals surface area contributed by atoms with E-state index in [1.807, 2.05) is 37.3 Å². The number of aryl methyl sites for hydroxylation is 2. The van der Waals surface area contributed by atoms with Crippen molar-refractivity contribution in [3.05, 3.63) is 107 Å². The summed E-state index contributed by atoms with van der Waals surface area (Å²) >= 11 is 3.58. The molecule has 3 aromatic carbocycles. The van der Waals surface area contributed by atoms with E-state index in [4.69, 9.17) is 4.74 Å². The summed E-state index contributed by atoms with van der Waals surface area (Å²) in [6, 6.07) is 24.5. The molecule has 0 bridgehead atoms. The van der Waals surface area contributed by atoms with Gasteiger partial charge in [0.05, 0.1) is 12.2 Å². The number of carbonyl (C=O) groups is 1. The molecule has 0 aliphatic rings. The fourth-order valence-corrected chi connectivity index (χ4v) is 4.81. The number of alkyl halides is 1. The highest BCUT2D eigenvalue weighted by Crippen LogP contribution is 2.24. The van der Waals surface area contributed by atoms with Gasteiger partial charge in [0.1, 0.15) is 5.75 Å². The van der Waals surface area contributed by atoms with Gasteiger partial charge in [-0.2, -0.15) is 0 Å². The van der Waals surface area contributed by atoms with Gasteiger partial charge in [-0.05, 0) is 80.2 Å². The molecule has 0 radical (unpaired) electrons. The summed E-state index contributed by atoms with van der Waals surface area (Å²) in [5.41, 5.74) is 4.82. The number of para-hydroxylation sites is 1. The quantitative estimate of drug-likeness (QED) is 0.167. The number of ether oxygens (including phenoxy) is 1. The van der Waals surface area contributed by atoms with Crippen LogP contribution in [0.3, 0.4) is 0 Å². The minimum atomic E-state index is -0.876. The third-order valence-corrected chi connectivity index (χ3v) is 6.63. The summed E-state index contributed by atoms with van der Waals surface area (Å²) < 4.78 is 6.14. The van der Waals surface area contributed by atoms with E-state index in [1.54, 1.807) is 6.07 Å². The average Bonchev–Trinajstić information content (AvgIpc) is 2.86. The van der Waals surface area contributed by atoms with E-state index in [0.29, 0.717) is 11.5 Å². The molecule has 0 aromatic heterocycles. The van der Waals surface area contributed by atoms with E-state index >= 15 is 0 Å². The Morgan fingerprint density at radius 3 is 2.49 bits per heavy atom. The van der Waals surface area contributed by atoms with Crippen molar-refractivity contribution < 1.29 is 14.6 Å². The molecule has 184 valence electrons. The Bertz CT molecular complexity index is 1090. The first kappa shape index (κ1) is 26.7. The van der Waals surface area contributed by atoms with Crippen LogP contribution in [0.15, 0.2) is 78.9 Å². The zero-order valence-corrected chi connectivity index (χ0v) is 22.0. The Balaban J connectivity index is 1.53. The number of hydrogen-bond acceptors (Lipinski definition) is 2. The van der Waals surface area contributed by atoms with E-state index in [-0.39, 0.29) is 0 Å². The van der Waals surface area contributed by atoms with E-state index in [2.05, 4.69) is 64.5 Å². The highest BCUT2D eigenvalue weighted by Gasteiger charge is 2.11. The molecule has 1 N–H and O–H groups in total. The molecule has 3 aromatic rings. The van der Waals surface area contributed by atoms with Gasteiger partial charge >= 0.3 is 5.97 Å². The number of carboxylic acid groups (broad SMARTS) is 1. The van der Waals surface area contributed by atoms with Crippen LogP contribution in [0.1, 0.15) is 58.3 Å². The van der Waals surface area contributed by atoms with Crippen molar-refractivity contribution >= 4 is 28.0 Å². The average molecular weight is 536 g/mol. The maximum absolute atomic E-state index is 11.3. The van der Waals surface area contributed by atoms with Crippen LogP contribution in [0.4, 0.5) is 0 Å². The number of benzene rings is 3. The molecule has 0 fully saturated rings. The molecule has 3 rings (SSSR count). The van der Waals surface area contributed by atoms with E-state index in [9.17, 15) is 9.90 Å². The number of unbranched alkanes of at least 4 members (excludes halogenated alkanes) is 2. The number of allylic oxidation sites excluding steroid dienone is 1. The topological polar surface area (TPSA) is 46.5 Å². The standard InChI is InChI=1S/C31H35BrO3/c1-24-22-27(16-18-29(24)31(33)34)23-26(19-20-32)15-17-28-13-7-8-14-30(28)35-21-9-3-6-12-25-10-4-2-5-11-25/h2,4-5,7-8,10-11,13-18,22,26H,3,6,9,12,19-21,23H2,1H3,(H,33,34). The first-order valence-electron chi connectivity index (χ1n) is 12.4. The molecule has 35 heavy (non-hydrogen) atoms. The third kappa shape index (κ3) is 9.03. The molecule has 0 aliphatic heterocycles. The summed E-state index contributed by atoms with van der Waals surface area (Å²) in [7, 11) is 0. The second kappa shape index (κ2) is 14.5. The van der Waals surface area contributed by atoms with Gasteiger partial charge in [0, 0.05) is 10.9 Å². The predicted molar refractivity (Wildman–Crippen MR) is 149 cm³/mol. The van der Waals surface area contributed by atoms with Gasteiger partial charge in [-0.1, -0.05) is 88.7 Å². The molecule has 0 heterocycles. The van der Waals surface area contributed by atoms with Crippen molar-refractivity contribution in [1.29, 1.82) is 0 Å². The maximum atomic E-state index is 11.3. The van der Waals surface area contributed by atoms with Gasteiger partial charge < -0.3 is 9.84 Å². The van der Waals surface area contributed by atoms with E-state index in [0.717, 1.165) is 66.5 Å². The monoisotopic (exact) mass is 534 g/mol. The lowest BCUT2D eigenvalue weighted by Gasteiger charge is -2.14. The van der Waals surface area contributed by atoms with Crippen LogP contribution in [-0.4, -0.2) is 23.0 Å². The molecular formula is C31H35BrO3. The number of halogens is 1. The minimum Gasteiger partial charge on any atom is -0.493 e. The smallest absolute Gasteiger partial charge is 0.335 e. The molecule has 0 spiro atoms. The summed E-state index contributed by atoms with van der Waals surface area (Å²) in [5.74, 6) is 0.389. The molecule has 4 heteroatoms. The van der Waals surface area contributed by atoms with Crippen LogP contribution in [0.2, 0.25) is 0 Å². The molecule has 0 amide bonds. The van der Waals surface area contributed by atoms with Gasteiger partial charge in [0.25, 0.3) is 0 Å². The Labute approximate surface area is 218 Å². The molecule has 3 nitrogen and oxygen atoms in total. The lowest BCUT2D eigenvalue weighted by atomic mass is 9.93. The zero-order valence-electron chi connectivity index (χ0n) is 20.5. The van der Waals surface area contributed by atoms with Crippen molar-refractivity contribution in [2.24, 2.45) is 5.92 Å². The molecule has 0 saturated heterocycles. The first-order valence-corrected chi connectivity index (χ1v) is 13.5. The fourth-order valence-electron chi connectivity index (χ4n) is 4.23. The number of rotatable bonds is 14. The summed E-state index contributed by atoms with van der Waals surface area (Å²) in [6.45, 7) is 2.58. The SMILES string of the molecule is Cc1cc(CC(C=Cc2ccccc2OCCCCCc2ccccc2)CCBr)ccc1C(=O)O. The van der Waals surface area contributed by atoms with Gasteiger partial charge in [0.2, 0.25) is 0 Å². The molecule has 0 saturated carbocycles. The van der Waals surface area contributed by atoms with Crippen molar-refractivity contribution in [1.82, 2.24) is 0 Å². The third-order valence-electron chi connectivity index (χ3n) is 6.18. The van der Waals surface area contributed by atoms with Crippen LogP contribution >= 0.6 is 15.9 Å². The number of carboxylic acids is 1. The van der Waals surface area contributed by atoms with Crippen LogP contribution in [0.5, 0.6) is 5.75 Å². The minimum absolute atomic E-state index is 0.343. The molecule has 1 atom stereocenters. The maximum Gasteiger partial charge on any atom is 0.335 e. The molecular weight excluding hydrogens is 500 g/mol. The van der Waals surface area contributed by atoms with Crippen molar-refractivity contribution in [3.8, 4) is 5.75 Å². The molecule has 1 unspecified atom stereocenters. The van der Waals surface area contributed by atoms with Crippen LogP contribution in [-0.2, 0) is 12.8 Å². The number of aromatic carboxylic acids is 1. The second-order valence-corrected chi connectivity index (χ2v) is 9.73. The Morgan fingerprint density at radius 1 is 0.971 bits per heavy atom. The summed E-state index contributed by atoms with van der Waals surface area (Å²) in [4.78, 5) is 11.3. The largest absolute Gasteiger partial charge is 0.493 e. The zero-order chi connectivity index (χ0) is 24.9. The van der Waals surface area contributed by atoms with Crippen molar-refractivity contribution in [2.75, 3.05) is 11.9 Å². The Kier molecular flexibility index (Phi) is 11.1. The second-order valence-electron chi connectivity index (χ2n) is 8.94. The highest BCUT2D eigenvalue weighted by molar-refractivity contribution is 9.09. The first-order chi connectivity index (χ1) is 17.1. The van der Waals surface area contributed by atoms with Crippen LogP contribution in [0.25, 0.3) is 6.08 Å².